The number of ketones is 1. The Kier molecular flexibility index (Phi) is 3.80. The third kappa shape index (κ3) is 2.84. The van der Waals surface area contributed by atoms with Crippen LogP contribution in [0.5, 0.6) is 0 Å². The second kappa shape index (κ2) is 5.00. The lowest BCUT2D eigenvalue weighted by Crippen LogP contribution is -1.99. The summed E-state index contributed by atoms with van der Waals surface area (Å²) in [5.41, 5.74) is 0.352. The molecular weight excluding hydrogens is 371 g/mol. The van der Waals surface area contributed by atoms with E-state index in [1.165, 1.54) is 23.5 Å². The van der Waals surface area contributed by atoms with E-state index in [0.29, 0.717) is 14.9 Å². The number of carbonyl (C=O) groups is 1. The predicted molar refractivity (Wildman–Crippen MR) is 74.3 cm³/mol. The van der Waals surface area contributed by atoms with E-state index in [4.69, 9.17) is 0 Å². The Labute approximate surface area is 119 Å². The molecule has 0 bridgehead atoms. The van der Waals surface area contributed by atoms with Gasteiger partial charge in [-0.2, -0.15) is 0 Å². The number of aryl methyl sites for hydroxylation is 1. The van der Waals surface area contributed by atoms with Crippen molar-refractivity contribution in [1.82, 2.24) is 0 Å². The minimum Gasteiger partial charge on any atom is -0.288 e. The van der Waals surface area contributed by atoms with Crippen LogP contribution >= 0.6 is 43.2 Å². The van der Waals surface area contributed by atoms with Crippen LogP contribution in [0.15, 0.2) is 33.2 Å². The number of carbonyl (C=O) groups excluding carboxylic acids is 1. The van der Waals surface area contributed by atoms with Crippen molar-refractivity contribution < 1.29 is 9.18 Å². The third-order valence-corrected chi connectivity index (χ3v) is 4.80. The summed E-state index contributed by atoms with van der Waals surface area (Å²) in [4.78, 5) is 13.8. The Balaban J connectivity index is 2.43. The van der Waals surface area contributed by atoms with Crippen molar-refractivity contribution in [3.63, 3.8) is 0 Å². The minimum absolute atomic E-state index is 0.163. The fourth-order valence-corrected chi connectivity index (χ4v) is 3.36. The quantitative estimate of drug-likeness (QED) is 0.676. The number of hydrogen-bond acceptors (Lipinski definition) is 2. The fraction of sp³-hybridized carbons (Fsp3) is 0.0833. The minimum atomic E-state index is -0.421. The average molecular weight is 378 g/mol. The van der Waals surface area contributed by atoms with E-state index in [2.05, 4.69) is 31.9 Å². The van der Waals surface area contributed by atoms with Crippen molar-refractivity contribution in [1.29, 1.82) is 0 Å². The SMILES string of the molecule is Cc1sc(C(=O)c2cc(F)cc(Br)c2)cc1Br. The van der Waals surface area contributed by atoms with Gasteiger partial charge < -0.3 is 0 Å². The van der Waals surface area contributed by atoms with Crippen LogP contribution in [0, 0.1) is 12.7 Å². The smallest absolute Gasteiger partial charge is 0.203 e. The van der Waals surface area contributed by atoms with Crippen LogP contribution in [0.1, 0.15) is 20.1 Å². The molecule has 0 atom stereocenters. The number of thiophene rings is 1. The topological polar surface area (TPSA) is 17.1 Å². The van der Waals surface area contributed by atoms with E-state index in [9.17, 15) is 9.18 Å². The van der Waals surface area contributed by atoms with Gasteiger partial charge in [0.2, 0.25) is 5.78 Å². The Hall–Kier alpha value is -0.520. The average Bonchev–Trinajstić information content (AvgIpc) is 2.57. The van der Waals surface area contributed by atoms with E-state index in [-0.39, 0.29) is 5.78 Å². The summed E-state index contributed by atoms with van der Waals surface area (Å²) in [7, 11) is 0. The molecule has 88 valence electrons. The molecule has 0 aliphatic heterocycles. The van der Waals surface area contributed by atoms with Crippen molar-refractivity contribution in [2.24, 2.45) is 0 Å². The Morgan fingerprint density at radius 1 is 1.24 bits per heavy atom. The summed E-state index contributed by atoms with van der Waals surface area (Å²) in [6, 6.07) is 5.96. The highest BCUT2D eigenvalue weighted by atomic mass is 79.9. The van der Waals surface area contributed by atoms with Gasteiger partial charge in [-0.1, -0.05) is 15.9 Å². The van der Waals surface area contributed by atoms with Crippen molar-refractivity contribution in [3.8, 4) is 0 Å². The van der Waals surface area contributed by atoms with Crippen molar-refractivity contribution >= 4 is 49.0 Å². The maximum atomic E-state index is 13.2. The van der Waals surface area contributed by atoms with Crippen LogP contribution in [0.2, 0.25) is 0 Å². The van der Waals surface area contributed by atoms with Gasteiger partial charge in [0.1, 0.15) is 5.82 Å². The summed E-state index contributed by atoms with van der Waals surface area (Å²) in [6.07, 6.45) is 0. The highest BCUT2D eigenvalue weighted by Gasteiger charge is 2.14. The van der Waals surface area contributed by atoms with Gasteiger partial charge in [-0.25, -0.2) is 4.39 Å². The molecule has 1 aromatic heterocycles. The first kappa shape index (κ1) is 12.9. The van der Waals surface area contributed by atoms with Gasteiger partial charge in [0, 0.05) is 19.4 Å². The third-order valence-electron chi connectivity index (χ3n) is 2.21. The molecule has 0 fully saturated rings. The Morgan fingerprint density at radius 2 is 1.94 bits per heavy atom. The van der Waals surface area contributed by atoms with Crippen LogP contribution in [0.3, 0.4) is 0 Å². The fourth-order valence-electron chi connectivity index (χ4n) is 1.40. The molecule has 1 heterocycles. The zero-order valence-corrected chi connectivity index (χ0v) is 12.7. The summed E-state index contributed by atoms with van der Waals surface area (Å²) < 4.78 is 14.7. The van der Waals surface area contributed by atoms with Gasteiger partial charge in [-0.05, 0) is 47.1 Å². The lowest BCUT2D eigenvalue weighted by molar-refractivity contribution is 0.104. The summed E-state index contributed by atoms with van der Waals surface area (Å²) in [5, 5.41) is 0. The molecule has 0 saturated carbocycles. The zero-order chi connectivity index (χ0) is 12.6. The first-order valence-corrected chi connectivity index (χ1v) is 7.14. The van der Waals surface area contributed by atoms with Gasteiger partial charge in [-0.3, -0.25) is 4.79 Å². The van der Waals surface area contributed by atoms with E-state index >= 15 is 0 Å². The number of benzene rings is 1. The van der Waals surface area contributed by atoms with Crippen LogP contribution in [0.25, 0.3) is 0 Å². The molecule has 0 aliphatic carbocycles. The van der Waals surface area contributed by atoms with Crippen LogP contribution in [-0.4, -0.2) is 5.78 Å². The second-order valence-corrected chi connectivity index (χ2v) is 6.53. The highest BCUT2D eigenvalue weighted by molar-refractivity contribution is 9.10. The lowest BCUT2D eigenvalue weighted by atomic mass is 10.1. The van der Waals surface area contributed by atoms with Gasteiger partial charge in [-0.15, -0.1) is 11.3 Å². The largest absolute Gasteiger partial charge is 0.288 e. The molecule has 0 spiro atoms. The molecule has 0 saturated heterocycles. The number of halogens is 3. The van der Waals surface area contributed by atoms with E-state index in [1.807, 2.05) is 6.92 Å². The van der Waals surface area contributed by atoms with Crippen LogP contribution in [-0.2, 0) is 0 Å². The Bertz CT molecular complexity index is 552. The zero-order valence-electron chi connectivity index (χ0n) is 8.76. The van der Waals surface area contributed by atoms with Crippen molar-refractivity contribution in [3.05, 3.63) is 54.3 Å². The van der Waals surface area contributed by atoms with Gasteiger partial charge in [0.15, 0.2) is 0 Å². The van der Waals surface area contributed by atoms with E-state index in [1.54, 1.807) is 12.1 Å². The summed E-state index contributed by atoms with van der Waals surface area (Å²) in [6.45, 7) is 1.92. The van der Waals surface area contributed by atoms with Crippen LogP contribution < -0.4 is 0 Å². The molecule has 0 N–H and O–H groups in total. The van der Waals surface area contributed by atoms with Gasteiger partial charge in [0.25, 0.3) is 0 Å². The molecule has 1 aromatic carbocycles. The number of rotatable bonds is 2. The maximum Gasteiger partial charge on any atom is 0.203 e. The van der Waals surface area contributed by atoms with Gasteiger partial charge >= 0.3 is 0 Å². The van der Waals surface area contributed by atoms with Crippen molar-refractivity contribution in [2.75, 3.05) is 0 Å². The van der Waals surface area contributed by atoms with E-state index < -0.39 is 5.82 Å². The first-order valence-electron chi connectivity index (χ1n) is 4.74. The molecule has 2 rings (SSSR count). The molecule has 2 aromatic rings. The summed E-state index contributed by atoms with van der Waals surface area (Å²) >= 11 is 7.93. The normalized spacial score (nSPS) is 10.6. The highest BCUT2D eigenvalue weighted by Crippen LogP contribution is 2.28. The van der Waals surface area contributed by atoms with E-state index in [0.717, 1.165) is 9.35 Å². The molecule has 1 nitrogen and oxygen atoms in total. The van der Waals surface area contributed by atoms with Crippen molar-refractivity contribution in [2.45, 2.75) is 6.92 Å². The summed E-state index contributed by atoms with van der Waals surface area (Å²) in [5.74, 6) is -0.584. The standard InChI is InChI=1S/C12H7Br2FOS/c1-6-10(14)5-11(17-6)12(16)7-2-8(13)4-9(15)3-7/h2-5H,1H3. The monoisotopic (exact) mass is 376 g/mol. The predicted octanol–water partition coefficient (Wildman–Crippen LogP) is 4.95. The maximum absolute atomic E-state index is 13.2. The molecule has 0 aliphatic rings. The van der Waals surface area contributed by atoms with Crippen LogP contribution in [0.4, 0.5) is 4.39 Å². The molecule has 17 heavy (non-hydrogen) atoms. The molecule has 0 radical (unpaired) electrons. The molecule has 0 unspecified atom stereocenters. The second-order valence-electron chi connectivity index (χ2n) is 3.50. The van der Waals surface area contributed by atoms with Gasteiger partial charge in [0.05, 0.1) is 4.88 Å². The molecule has 5 heteroatoms. The number of hydrogen-bond donors (Lipinski definition) is 0. The lowest BCUT2D eigenvalue weighted by Gasteiger charge is -1.99. The molecule has 0 amide bonds. The first-order chi connectivity index (χ1) is 7.97. The Morgan fingerprint density at radius 3 is 2.47 bits per heavy atom. The molecular formula is C12H7Br2FOS.